The van der Waals surface area contributed by atoms with Crippen LogP contribution in [-0.4, -0.2) is 290 Å². The highest BCUT2D eigenvalue weighted by atomic mass is 32.2. The Morgan fingerprint density at radius 3 is 1.22 bits per heavy atom. The molecule has 620 valence electrons. The number of benzene rings is 7. The molecule has 0 aromatic heterocycles. The Kier molecular flexibility index (Phi) is 27.9. The fraction of sp³-hybridized carbons (Fsp3) is 0.429. The van der Waals surface area contributed by atoms with Crippen LogP contribution in [0.3, 0.4) is 0 Å². The Labute approximate surface area is 726 Å². The molecule has 10 heterocycles. The first kappa shape index (κ1) is 84.9. The summed E-state index contributed by atoms with van der Waals surface area (Å²) in [6, 6.07) is 45.9. The summed E-state index contributed by atoms with van der Waals surface area (Å²) in [6.07, 6.45) is 12.5. The van der Waals surface area contributed by atoms with Gasteiger partial charge in [0.1, 0.15) is 42.2 Å². The number of thioether (sulfide) groups is 3. The summed E-state index contributed by atoms with van der Waals surface area (Å²) in [4.78, 5) is 100. The zero-order valence-corrected chi connectivity index (χ0v) is 73.0. The zero-order chi connectivity index (χ0) is 82.7. The van der Waals surface area contributed by atoms with Crippen molar-refractivity contribution in [1.82, 2.24) is 49.0 Å². The minimum Gasteiger partial charge on any atom is -0.492 e. The first-order chi connectivity index (χ1) is 57.9. The van der Waals surface area contributed by atoms with Gasteiger partial charge in [0.05, 0.1) is 71.2 Å². The highest BCUT2D eigenvalue weighted by Gasteiger charge is 2.39. The predicted molar refractivity (Wildman–Crippen MR) is 490 cm³/mol. The van der Waals surface area contributed by atoms with Crippen molar-refractivity contribution in [2.45, 2.75) is 89.3 Å². The van der Waals surface area contributed by atoms with Crippen molar-refractivity contribution in [3.63, 3.8) is 0 Å². The Morgan fingerprint density at radius 1 is 0.437 bits per heavy atom. The van der Waals surface area contributed by atoms with Crippen molar-refractivity contribution in [3.8, 4) is 23.3 Å². The lowest BCUT2D eigenvalue weighted by Crippen LogP contribution is -2.51. The van der Waals surface area contributed by atoms with Crippen LogP contribution in [0.25, 0.3) is 10.8 Å². The van der Waals surface area contributed by atoms with E-state index in [4.69, 9.17) is 50.9 Å². The molecule has 7 aromatic rings. The highest BCUT2D eigenvalue weighted by molar-refractivity contribution is 8.23. The third-order valence-corrected chi connectivity index (χ3v) is 28.7. The molecule has 0 N–H and O–H groups in total. The number of nitrogens with zero attached hydrogens (tertiary/aromatic N) is 14. The second kappa shape index (κ2) is 39.1. The molecule has 7 aromatic carbocycles. The van der Waals surface area contributed by atoms with Gasteiger partial charge in [0.15, 0.2) is 0 Å². The number of likely N-dealkylation sites (N-methyl/N-ethyl adjacent to an activating group) is 1. The summed E-state index contributed by atoms with van der Waals surface area (Å²) in [7, 11) is 2.14. The van der Waals surface area contributed by atoms with Crippen LogP contribution in [0.5, 0.6) is 17.2 Å². The number of imide groups is 1. The number of aliphatic imine (C=N–C) groups is 3. The Balaban J connectivity index is 0.000000143. The lowest BCUT2D eigenvalue weighted by atomic mass is 9.74. The van der Waals surface area contributed by atoms with Gasteiger partial charge in [-0.15, -0.1) is 0 Å². The van der Waals surface area contributed by atoms with Crippen molar-refractivity contribution in [2.24, 2.45) is 15.0 Å². The van der Waals surface area contributed by atoms with Gasteiger partial charge < -0.3 is 48.5 Å². The van der Waals surface area contributed by atoms with E-state index in [-0.39, 0.29) is 47.7 Å². The third-order valence-electron chi connectivity index (χ3n) is 24.2. The minimum atomic E-state index is -0.710. The molecular weight excluding hydrogens is 1610 g/mol. The summed E-state index contributed by atoms with van der Waals surface area (Å²) in [5.74, 6) is 4.38. The zero-order valence-electron chi connectivity index (χ0n) is 68.1. The molecule has 0 bridgehead atoms. The van der Waals surface area contributed by atoms with Crippen molar-refractivity contribution >= 4 is 161 Å². The number of fused-ring (bicyclic) bond motifs is 6. The van der Waals surface area contributed by atoms with E-state index < -0.39 is 5.41 Å². The van der Waals surface area contributed by atoms with Crippen LogP contribution in [0, 0.1) is 32.1 Å². The number of rotatable bonds is 20. The third kappa shape index (κ3) is 19.4. The maximum Gasteiger partial charge on any atom is 0.261 e. The fourth-order valence-corrected chi connectivity index (χ4v) is 20.9. The topological polar surface area (TPSA) is 206 Å². The number of ether oxygens (including phenoxy) is 3. The quantitative estimate of drug-likeness (QED) is 0.0395. The van der Waals surface area contributed by atoms with E-state index in [1.54, 1.807) is 35.3 Å². The van der Waals surface area contributed by atoms with Crippen LogP contribution in [0.15, 0.2) is 148 Å². The summed E-state index contributed by atoms with van der Waals surface area (Å²) in [6.45, 7) is 22.7. The normalized spacial score (nSPS) is 19.6. The number of carbonyl (C=O) groups is 5. The Hall–Kier alpha value is -9.15. The van der Waals surface area contributed by atoms with E-state index in [2.05, 4.69) is 57.5 Å². The maximum absolute atomic E-state index is 13.2. The maximum atomic E-state index is 13.2. The van der Waals surface area contributed by atoms with Gasteiger partial charge in [-0.05, 0) is 136 Å². The van der Waals surface area contributed by atoms with Gasteiger partial charge in [0.25, 0.3) is 29.5 Å². The van der Waals surface area contributed by atoms with Crippen LogP contribution in [0.4, 0.5) is 17.1 Å². The first-order valence-corrected chi connectivity index (χ1v) is 45.7. The van der Waals surface area contributed by atoms with E-state index in [1.165, 1.54) is 4.90 Å². The molecule has 0 aliphatic carbocycles. The second-order valence-corrected chi connectivity index (χ2v) is 36.9. The van der Waals surface area contributed by atoms with Gasteiger partial charge in [-0.25, -0.2) is 0 Å². The SMILES string of the molecule is Cc1cc2c(cc1OCCN1CCN(C(=S)SCCC(C#N)(c3ccccc3)c3ccccc3)CC1)N=C[C@@H]1CCCN1C2=O.Cc1cc2c(cc1OCCSC(=S)N1CCN(C)CC1)N=C[C@@H]1CCCN1C2=O.Cc1cc2c(cc1OCCSC(=S)N1CCN(CCN3C(=O)c4cccc5cccc(c45)C3=O)CC1)N=C[C@@H]1CCCN1C2=O. The minimum absolute atomic E-state index is 0.0535. The molecule has 0 unspecified atom stereocenters. The van der Waals surface area contributed by atoms with Crippen LogP contribution in [0.2, 0.25) is 0 Å². The molecule has 28 heteroatoms. The number of hydrogen-bond donors (Lipinski definition) is 0. The molecule has 6 saturated heterocycles. The van der Waals surface area contributed by atoms with Crippen molar-refractivity contribution in [1.29, 1.82) is 5.26 Å². The number of amides is 5. The molecule has 3 atom stereocenters. The fourth-order valence-electron chi connectivity index (χ4n) is 17.2. The number of nitriles is 1. The first-order valence-electron chi connectivity index (χ1n) is 41.6. The van der Waals surface area contributed by atoms with E-state index in [1.807, 2.05) is 188 Å². The van der Waals surface area contributed by atoms with Gasteiger partial charge in [0, 0.05) is 188 Å². The van der Waals surface area contributed by atoms with Crippen LogP contribution in [0.1, 0.15) is 125 Å². The Morgan fingerprint density at radius 2 is 0.815 bits per heavy atom. The van der Waals surface area contributed by atoms with Gasteiger partial charge in [0.2, 0.25) is 0 Å². The van der Waals surface area contributed by atoms with Crippen molar-refractivity contribution in [2.75, 3.05) is 162 Å². The number of carbonyl (C=O) groups excluding carboxylic acids is 5. The number of aryl methyl sites for hydroxylation is 3. The van der Waals surface area contributed by atoms with Gasteiger partial charge in [-0.3, -0.25) is 53.6 Å². The van der Waals surface area contributed by atoms with Crippen LogP contribution in [-0.2, 0) is 5.41 Å². The molecule has 0 radical (unpaired) electrons. The number of piperazine rings is 3. The smallest absolute Gasteiger partial charge is 0.261 e. The monoisotopic (exact) mass is 1710 g/mol. The molecule has 6 fully saturated rings. The molecule has 10 aliphatic heterocycles. The van der Waals surface area contributed by atoms with E-state index in [0.29, 0.717) is 90.0 Å². The molecule has 119 heavy (non-hydrogen) atoms. The average molecular weight is 1710 g/mol. The van der Waals surface area contributed by atoms with Crippen molar-refractivity contribution < 1.29 is 38.2 Å². The summed E-state index contributed by atoms with van der Waals surface area (Å²) in [5.41, 5.74) is 9.46. The van der Waals surface area contributed by atoms with Crippen molar-refractivity contribution in [3.05, 3.63) is 189 Å². The van der Waals surface area contributed by atoms with Gasteiger partial charge in [-0.2, -0.15) is 5.26 Å². The second-order valence-electron chi connectivity index (χ2n) is 31.7. The molecule has 5 amide bonds. The molecule has 0 spiro atoms. The van der Waals surface area contributed by atoms with E-state index in [0.717, 1.165) is 224 Å². The molecule has 10 aliphatic rings. The molecule has 17 rings (SSSR count). The van der Waals surface area contributed by atoms with E-state index >= 15 is 0 Å². The summed E-state index contributed by atoms with van der Waals surface area (Å²) < 4.78 is 21.0. The summed E-state index contributed by atoms with van der Waals surface area (Å²) in [5, 5.41) is 12.1. The molecule has 0 saturated carbocycles. The largest absolute Gasteiger partial charge is 0.492 e. The molecular formula is C91H102N14O8S6. The van der Waals surface area contributed by atoms with E-state index in [9.17, 15) is 29.2 Å². The predicted octanol–water partition coefficient (Wildman–Crippen LogP) is 14.0. The average Bonchev–Trinajstić information content (AvgIpc) is 1.73. The number of thiocarbonyl (C=S) groups is 3. The number of hydrogen-bond acceptors (Lipinski definition) is 21. The van der Waals surface area contributed by atoms with Crippen LogP contribution >= 0.6 is 71.9 Å². The van der Waals surface area contributed by atoms with Gasteiger partial charge in [-0.1, -0.05) is 157 Å². The van der Waals surface area contributed by atoms with Gasteiger partial charge >= 0.3 is 0 Å². The van der Waals surface area contributed by atoms with Crippen LogP contribution < -0.4 is 14.2 Å². The molecule has 22 nitrogen and oxygen atoms in total. The highest BCUT2D eigenvalue weighted by Crippen LogP contribution is 2.41. The Bertz CT molecular complexity index is 5010. The standard InChI is InChI=1S/C36H39N5O2S2.C34H35N5O4S2.C21H28N4O2S2/c1-27-23-31-32(38-25-30-13-8-15-41(30)34(31)42)24-33(27)43-21-20-39-16-18-40(19-17-39)35(44)45-22-14-36(26-37,28-9-4-2-5-10-28)29-11-6-3-7-12-29;1-22-19-27-28(35-21-24-7-4-10-38(24)33(27)42)20-29(22)43-17-18-45-34(44)37-14-11-36(12-15-37)13-16-39-31(40)25-8-2-5-23-6-3-9-26(30(23)25)32(39)41;1-15-12-17-18(22-14-16-4-3-5-25(16)20(17)26)13-19(15)27-10-11-29-21(28)24-8-6-23(2)7-9-24/h2-7,9-12,23-25,30H,8,13-22H2,1H3;2-3,5-6,8-9,19-21,24H,4,7,10-18H2,1H3;12-14,16H,3-11H2,1-2H3/t30-;24-;16-/m000/s1. The lowest BCUT2D eigenvalue weighted by Gasteiger charge is -2.37. The lowest BCUT2D eigenvalue weighted by molar-refractivity contribution is 0.0582. The summed E-state index contributed by atoms with van der Waals surface area (Å²) >= 11 is 22.1.